The van der Waals surface area contributed by atoms with E-state index in [-0.39, 0.29) is 17.7 Å². The number of carbonyl (C=O) groups excluding carboxylic acids is 2. The highest BCUT2D eigenvalue weighted by Gasteiger charge is 2.22. The molecule has 3 amide bonds. The van der Waals surface area contributed by atoms with Crippen LogP contribution in [0.3, 0.4) is 0 Å². The molecule has 9 heteroatoms. The van der Waals surface area contributed by atoms with Crippen molar-refractivity contribution < 1.29 is 23.1 Å². The Kier molecular flexibility index (Phi) is 8.93. The van der Waals surface area contributed by atoms with Crippen LogP contribution in [0.5, 0.6) is 5.75 Å². The van der Waals surface area contributed by atoms with Gasteiger partial charge in [-0.3, -0.25) is 9.69 Å². The van der Waals surface area contributed by atoms with Crippen molar-refractivity contribution in [1.82, 2.24) is 20.4 Å². The molecule has 1 aliphatic rings. The van der Waals surface area contributed by atoms with E-state index in [0.29, 0.717) is 52.2 Å². The van der Waals surface area contributed by atoms with E-state index in [0.717, 1.165) is 12.0 Å². The molecule has 2 rings (SSSR count). The number of piperazine rings is 1. The molecule has 1 aromatic rings. The zero-order valence-corrected chi connectivity index (χ0v) is 16.1. The number of urea groups is 1. The first-order chi connectivity index (χ1) is 13.5. The Morgan fingerprint density at radius 1 is 1.07 bits per heavy atom. The topological polar surface area (TPSA) is 73.9 Å². The average molecular weight is 398 g/mol. The summed E-state index contributed by atoms with van der Waals surface area (Å²) in [6, 6.07) is 6.24. The van der Waals surface area contributed by atoms with E-state index >= 15 is 0 Å². The van der Waals surface area contributed by atoms with Gasteiger partial charge in [0.05, 0.1) is 6.54 Å². The van der Waals surface area contributed by atoms with Gasteiger partial charge in [0.1, 0.15) is 5.75 Å². The van der Waals surface area contributed by atoms with Crippen molar-refractivity contribution >= 4 is 11.9 Å². The van der Waals surface area contributed by atoms with Crippen LogP contribution < -0.4 is 15.4 Å². The third kappa shape index (κ3) is 7.67. The Hall–Kier alpha value is -2.42. The van der Waals surface area contributed by atoms with E-state index in [1.807, 2.05) is 11.8 Å². The molecule has 7 nitrogen and oxygen atoms in total. The van der Waals surface area contributed by atoms with E-state index < -0.39 is 6.61 Å². The van der Waals surface area contributed by atoms with Crippen LogP contribution in [0.2, 0.25) is 0 Å². The molecule has 0 radical (unpaired) electrons. The molecule has 28 heavy (non-hydrogen) atoms. The minimum absolute atomic E-state index is 0.0183. The Morgan fingerprint density at radius 3 is 2.36 bits per heavy atom. The number of halogens is 2. The summed E-state index contributed by atoms with van der Waals surface area (Å²) in [6.45, 7) is 3.15. The van der Waals surface area contributed by atoms with Crippen molar-refractivity contribution in [2.75, 3.05) is 45.8 Å². The molecule has 1 saturated heterocycles. The highest BCUT2D eigenvalue weighted by molar-refractivity contribution is 5.78. The van der Waals surface area contributed by atoms with Crippen LogP contribution >= 0.6 is 0 Å². The number of benzene rings is 1. The third-order valence-corrected chi connectivity index (χ3v) is 4.44. The molecular weight excluding hydrogens is 370 g/mol. The molecule has 0 saturated carbocycles. The lowest BCUT2D eigenvalue weighted by molar-refractivity contribution is -0.122. The molecule has 0 aliphatic carbocycles. The van der Waals surface area contributed by atoms with Crippen LogP contribution in [0.15, 0.2) is 24.3 Å². The van der Waals surface area contributed by atoms with Gasteiger partial charge in [0.15, 0.2) is 0 Å². The molecule has 0 aromatic heterocycles. The minimum atomic E-state index is -2.84. The maximum Gasteiger partial charge on any atom is 0.387 e. The van der Waals surface area contributed by atoms with Gasteiger partial charge in [0, 0.05) is 39.3 Å². The second kappa shape index (κ2) is 11.4. The highest BCUT2D eigenvalue weighted by atomic mass is 19.3. The van der Waals surface area contributed by atoms with E-state index in [9.17, 15) is 18.4 Å². The van der Waals surface area contributed by atoms with Gasteiger partial charge in [-0.25, -0.2) is 4.79 Å². The van der Waals surface area contributed by atoms with Gasteiger partial charge in [-0.2, -0.15) is 8.78 Å². The van der Waals surface area contributed by atoms with Crippen LogP contribution in [0.1, 0.15) is 18.9 Å². The van der Waals surface area contributed by atoms with Crippen molar-refractivity contribution in [3.05, 3.63) is 29.8 Å². The number of nitrogens with zero attached hydrogens (tertiary/aromatic N) is 2. The molecule has 2 N–H and O–H groups in total. The summed E-state index contributed by atoms with van der Waals surface area (Å²) in [5, 5.41) is 5.72. The summed E-state index contributed by atoms with van der Waals surface area (Å²) < 4.78 is 28.6. The summed E-state index contributed by atoms with van der Waals surface area (Å²) in [6.07, 6.45) is 1.51. The number of nitrogens with one attached hydrogen (secondary N) is 2. The predicted octanol–water partition coefficient (Wildman–Crippen LogP) is 1.68. The summed E-state index contributed by atoms with van der Waals surface area (Å²) in [5.41, 5.74) is 0.921. The number of hydrogen-bond acceptors (Lipinski definition) is 4. The normalized spacial score (nSPS) is 14.8. The fourth-order valence-corrected chi connectivity index (χ4v) is 2.90. The first-order valence-electron chi connectivity index (χ1n) is 9.53. The van der Waals surface area contributed by atoms with Crippen LogP contribution in [0, 0.1) is 0 Å². The standard InChI is InChI=1S/C19H28F2N4O3/c1-2-8-22-17(26)14-24-10-12-25(13-11-24)19(27)23-9-7-15-3-5-16(6-4-15)28-18(20)21/h3-6,18H,2,7-14H2,1H3,(H,22,26)(H,23,27). The maximum atomic E-state index is 12.2. The molecule has 0 bridgehead atoms. The molecule has 156 valence electrons. The summed E-state index contributed by atoms with van der Waals surface area (Å²) in [7, 11) is 0. The number of hydrogen-bond donors (Lipinski definition) is 2. The first-order valence-corrected chi connectivity index (χ1v) is 9.53. The SMILES string of the molecule is CCCNC(=O)CN1CCN(C(=O)NCCc2ccc(OC(F)F)cc2)CC1. The van der Waals surface area contributed by atoms with Gasteiger partial charge < -0.3 is 20.3 Å². The quantitative estimate of drug-likeness (QED) is 0.664. The zero-order chi connectivity index (χ0) is 20.4. The highest BCUT2D eigenvalue weighted by Crippen LogP contribution is 2.15. The number of alkyl halides is 2. The minimum Gasteiger partial charge on any atom is -0.435 e. The lowest BCUT2D eigenvalue weighted by atomic mass is 10.1. The molecule has 0 atom stereocenters. The van der Waals surface area contributed by atoms with E-state index in [1.165, 1.54) is 12.1 Å². The van der Waals surface area contributed by atoms with Gasteiger partial charge in [-0.15, -0.1) is 0 Å². The number of amides is 3. The van der Waals surface area contributed by atoms with Crippen molar-refractivity contribution in [2.24, 2.45) is 0 Å². The summed E-state index contributed by atoms with van der Waals surface area (Å²) >= 11 is 0. The van der Waals surface area contributed by atoms with Crippen LogP contribution in [-0.2, 0) is 11.2 Å². The van der Waals surface area contributed by atoms with Crippen molar-refractivity contribution in [2.45, 2.75) is 26.4 Å². The van der Waals surface area contributed by atoms with Crippen molar-refractivity contribution in [3.63, 3.8) is 0 Å². The Labute approximate surface area is 164 Å². The fraction of sp³-hybridized carbons (Fsp3) is 0.579. The van der Waals surface area contributed by atoms with Crippen LogP contribution in [-0.4, -0.2) is 74.2 Å². The van der Waals surface area contributed by atoms with Gasteiger partial charge in [0.25, 0.3) is 0 Å². The number of rotatable bonds is 9. The van der Waals surface area contributed by atoms with Crippen molar-refractivity contribution in [1.29, 1.82) is 0 Å². The summed E-state index contributed by atoms with van der Waals surface area (Å²) in [5.74, 6) is 0.133. The molecule has 1 aliphatic heterocycles. The smallest absolute Gasteiger partial charge is 0.387 e. The molecule has 1 aromatic carbocycles. The maximum absolute atomic E-state index is 12.2. The fourth-order valence-electron chi connectivity index (χ4n) is 2.90. The largest absolute Gasteiger partial charge is 0.435 e. The van der Waals surface area contributed by atoms with Gasteiger partial charge in [-0.05, 0) is 30.5 Å². The van der Waals surface area contributed by atoms with Gasteiger partial charge in [-0.1, -0.05) is 19.1 Å². The van der Waals surface area contributed by atoms with Gasteiger partial charge in [0.2, 0.25) is 5.91 Å². The zero-order valence-electron chi connectivity index (χ0n) is 16.1. The molecule has 1 heterocycles. The average Bonchev–Trinajstić information content (AvgIpc) is 2.68. The van der Waals surface area contributed by atoms with Crippen LogP contribution in [0.4, 0.5) is 13.6 Å². The molecule has 1 fully saturated rings. The Bertz CT molecular complexity index is 620. The first kappa shape index (κ1) is 21.9. The third-order valence-electron chi connectivity index (χ3n) is 4.44. The summed E-state index contributed by atoms with van der Waals surface area (Å²) in [4.78, 5) is 27.8. The van der Waals surface area contributed by atoms with E-state index in [1.54, 1.807) is 17.0 Å². The lowest BCUT2D eigenvalue weighted by Gasteiger charge is -2.34. The molecular formula is C19H28F2N4O3. The molecule has 0 spiro atoms. The Balaban J connectivity index is 1.64. The van der Waals surface area contributed by atoms with Crippen molar-refractivity contribution in [3.8, 4) is 5.75 Å². The monoisotopic (exact) mass is 398 g/mol. The van der Waals surface area contributed by atoms with E-state index in [2.05, 4.69) is 15.4 Å². The second-order valence-electron chi connectivity index (χ2n) is 6.62. The van der Waals surface area contributed by atoms with Gasteiger partial charge >= 0.3 is 12.6 Å². The lowest BCUT2D eigenvalue weighted by Crippen LogP contribution is -2.53. The Morgan fingerprint density at radius 2 is 1.75 bits per heavy atom. The number of ether oxygens (including phenoxy) is 1. The second-order valence-corrected chi connectivity index (χ2v) is 6.62. The van der Waals surface area contributed by atoms with E-state index in [4.69, 9.17) is 0 Å². The molecule has 0 unspecified atom stereocenters. The predicted molar refractivity (Wildman–Crippen MR) is 101 cm³/mol. The number of carbonyl (C=O) groups is 2. The van der Waals surface area contributed by atoms with Crippen LogP contribution in [0.25, 0.3) is 0 Å².